The normalized spacial score (nSPS) is 21.2. The Hall–Kier alpha value is -1.06. The summed E-state index contributed by atoms with van der Waals surface area (Å²) >= 11 is 0. The standard InChI is InChI=1S/C16H23NO2/c1-18-14-6-5-12-9-19-10-13(12)15(14)16(11-17)7-3-2-4-8-16/h5-6H,2-4,7-11,17H2,1H3. The van der Waals surface area contributed by atoms with Crippen LogP contribution in [0.2, 0.25) is 0 Å². The molecule has 3 heteroatoms. The van der Waals surface area contributed by atoms with E-state index in [0.29, 0.717) is 13.2 Å². The fourth-order valence-corrected chi connectivity index (χ4v) is 3.77. The number of benzene rings is 1. The number of methoxy groups -OCH3 is 1. The van der Waals surface area contributed by atoms with Crippen LogP contribution in [0.1, 0.15) is 48.8 Å². The zero-order valence-electron chi connectivity index (χ0n) is 11.7. The quantitative estimate of drug-likeness (QED) is 0.910. The lowest BCUT2D eigenvalue weighted by Crippen LogP contribution is -2.38. The Morgan fingerprint density at radius 3 is 2.68 bits per heavy atom. The van der Waals surface area contributed by atoms with Gasteiger partial charge < -0.3 is 15.2 Å². The van der Waals surface area contributed by atoms with Crippen LogP contribution in [-0.2, 0) is 23.4 Å². The molecule has 2 N–H and O–H groups in total. The Labute approximate surface area is 115 Å². The van der Waals surface area contributed by atoms with Crippen molar-refractivity contribution < 1.29 is 9.47 Å². The fraction of sp³-hybridized carbons (Fsp3) is 0.625. The van der Waals surface area contributed by atoms with Crippen LogP contribution in [0.15, 0.2) is 12.1 Å². The highest BCUT2D eigenvalue weighted by Crippen LogP contribution is 2.46. The third-order valence-electron chi connectivity index (χ3n) is 4.83. The third-order valence-corrected chi connectivity index (χ3v) is 4.83. The number of hydrogen-bond acceptors (Lipinski definition) is 3. The largest absolute Gasteiger partial charge is 0.496 e. The molecule has 1 saturated carbocycles. The summed E-state index contributed by atoms with van der Waals surface area (Å²) < 4.78 is 11.3. The second-order valence-corrected chi connectivity index (χ2v) is 5.82. The molecule has 0 aromatic heterocycles. The summed E-state index contributed by atoms with van der Waals surface area (Å²) in [5.74, 6) is 0.997. The zero-order chi connectivity index (χ0) is 13.3. The zero-order valence-corrected chi connectivity index (χ0v) is 11.7. The molecule has 1 fully saturated rings. The smallest absolute Gasteiger partial charge is 0.123 e. The summed E-state index contributed by atoms with van der Waals surface area (Å²) in [7, 11) is 1.76. The maximum Gasteiger partial charge on any atom is 0.123 e. The van der Waals surface area contributed by atoms with E-state index in [4.69, 9.17) is 15.2 Å². The van der Waals surface area contributed by atoms with Gasteiger partial charge >= 0.3 is 0 Å². The Bertz CT molecular complexity index is 464. The molecule has 0 radical (unpaired) electrons. The van der Waals surface area contributed by atoms with Crippen molar-refractivity contribution in [2.45, 2.75) is 50.7 Å². The summed E-state index contributed by atoms with van der Waals surface area (Å²) in [5.41, 5.74) is 10.3. The monoisotopic (exact) mass is 261 g/mol. The highest BCUT2D eigenvalue weighted by Gasteiger charge is 2.38. The molecule has 3 rings (SSSR count). The highest BCUT2D eigenvalue weighted by molar-refractivity contribution is 5.51. The predicted octanol–water partition coefficient (Wildman–Crippen LogP) is 2.89. The first-order chi connectivity index (χ1) is 9.30. The molecule has 0 amide bonds. The molecule has 1 heterocycles. The van der Waals surface area contributed by atoms with Gasteiger partial charge in [0.25, 0.3) is 0 Å². The molecule has 19 heavy (non-hydrogen) atoms. The van der Waals surface area contributed by atoms with Crippen molar-refractivity contribution in [3.8, 4) is 5.75 Å². The second kappa shape index (κ2) is 5.14. The van der Waals surface area contributed by atoms with Gasteiger partial charge in [-0.05, 0) is 30.0 Å². The van der Waals surface area contributed by atoms with E-state index in [0.717, 1.165) is 12.4 Å². The lowest BCUT2D eigenvalue weighted by atomic mass is 9.67. The van der Waals surface area contributed by atoms with Gasteiger partial charge in [-0.3, -0.25) is 0 Å². The molecule has 0 saturated heterocycles. The van der Waals surface area contributed by atoms with Crippen molar-refractivity contribution >= 4 is 0 Å². The van der Waals surface area contributed by atoms with E-state index in [9.17, 15) is 0 Å². The van der Waals surface area contributed by atoms with Gasteiger partial charge in [0.2, 0.25) is 0 Å². The van der Waals surface area contributed by atoms with Crippen molar-refractivity contribution in [1.29, 1.82) is 0 Å². The molecule has 0 bridgehead atoms. The average Bonchev–Trinajstić information content (AvgIpc) is 2.95. The van der Waals surface area contributed by atoms with Gasteiger partial charge in [0.05, 0.1) is 20.3 Å². The van der Waals surface area contributed by atoms with E-state index in [1.807, 2.05) is 0 Å². The van der Waals surface area contributed by atoms with E-state index in [1.54, 1.807) is 7.11 Å². The molecule has 0 atom stereocenters. The molecule has 1 aliphatic heterocycles. The fourth-order valence-electron chi connectivity index (χ4n) is 3.77. The average molecular weight is 261 g/mol. The van der Waals surface area contributed by atoms with Gasteiger partial charge in [0, 0.05) is 17.5 Å². The first-order valence-corrected chi connectivity index (χ1v) is 7.28. The molecule has 1 aromatic carbocycles. The van der Waals surface area contributed by atoms with Gasteiger partial charge in [-0.1, -0.05) is 25.3 Å². The second-order valence-electron chi connectivity index (χ2n) is 5.82. The van der Waals surface area contributed by atoms with Crippen molar-refractivity contribution in [3.63, 3.8) is 0 Å². The van der Waals surface area contributed by atoms with Crippen LogP contribution in [0, 0.1) is 0 Å². The van der Waals surface area contributed by atoms with Gasteiger partial charge in [-0.2, -0.15) is 0 Å². The Balaban J connectivity index is 2.14. The van der Waals surface area contributed by atoms with Crippen molar-refractivity contribution in [3.05, 3.63) is 28.8 Å². The molecule has 1 aliphatic carbocycles. The van der Waals surface area contributed by atoms with E-state index in [-0.39, 0.29) is 5.41 Å². The van der Waals surface area contributed by atoms with Gasteiger partial charge in [0.1, 0.15) is 5.75 Å². The maximum atomic E-state index is 6.19. The molecular formula is C16H23NO2. The van der Waals surface area contributed by atoms with Gasteiger partial charge in [0.15, 0.2) is 0 Å². The summed E-state index contributed by atoms with van der Waals surface area (Å²) in [5, 5.41) is 0. The number of nitrogens with two attached hydrogens (primary N) is 1. The number of ether oxygens (including phenoxy) is 2. The molecular weight excluding hydrogens is 238 g/mol. The SMILES string of the molecule is COc1ccc2c(c1C1(CN)CCCCC1)COC2. The summed E-state index contributed by atoms with van der Waals surface area (Å²) in [6.45, 7) is 2.15. The van der Waals surface area contributed by atoms with E-state index in [2.05, 4.69) is 12.1 Å². The third kappa shape index (κ3) is 2.05. The van der Waals surface area contributed by atoms with Crippen LogP contribution < -0.4 is 10.5 Å². The van der Waals surface area contributed by atoms with Crippen LogP contribution in [0.5, 0.6) is 5.75 Å². The molecule has 0 unspecified atom stereocenters. The van der Waals surface area contributed by atoms with Gasteiger partial charge in [-0.15, -0.1) is 0 Å². The number of rotatable bonds is 3. The molecule has 2 aliphatic rings. The molecule has 3 nitrogen and oxygen atoms in total. The van der Waals surface area contributed by atoms with Crippen LogP contribution >= 0.6 is 0 Å². The minimum atomic E-state index is 0.0998. The maximum absolute atomic E-state index is 6.19. The van der Waals surface area contributed by atoms with E-state index >= 15 is 0 Å². The first kappa shape index (κ1) is 12.9. The van der Waals surface area contributed by atoms with E-state index in [1.165, 1.54) is 48.8 Å². The van der Waals surface area contributed by atoms with Crippen molar-refractivity contribution in [1.82, 2.24) is 0 Å². The predicted molar refractivity (Wildman–Crippen MR) is 75.3 cm³/mol. The van der Waals surface area contributed by atoms with Gasteiger partial charge in [-0.25, -0.2) is 0 Å². The van der Waals surface area contributed by atoms with Crippen molar-refractivity contribution in [2.75, 3.05) is 13.7 Å². The number of fused-ring (bicyclic) bond motifs is 1. The molecule has 1 aromatic rings. The van der Waals surface area contributed by atoms with Crippen molar-refractivity contribution in [2.24, 2.45) is 5.73 Å². The Kier molecular flexibility index (Phi) is 3.50. The van der Waals surface area contributed by atoms with Crippen LogP contribution in [0.3, 0.4) is 0 Å². The Morgan fingerprint density at radius 2 is 2.00 bits per heavy atom. The topological polar surface area (TPSA) is 44.5 Å². The minimum Gasteiger partial charge on any atom is -0.496 e. The summed E-state index contributed by atoms with van der Waals surface area (Å²) in [4.78, 5) is 0. The summed E-state index contributed by atoms with van der Waals surface area (Å²) in [6, 6.07) is 4.23. The molecule has 104 valence electrons. The molecule has 0 spiro atoms. The summed E-state index contributed by atoms with van der Waals surface area (Å²) in [6.07, 6.45) is 6.22. The highest BCUT2D eigenvalue weighted by atomic mass is 16.5. The van der Waals surface area contributed by atoms with Crippen LogP contribution in [0.4, 0.5) is 0 Å². The van der Waals surface area contributed by atoms with Crippen LogP contribution in [-0.4, -0.2) is 13.7 Å². The first-order valence-electron chi connectivity index (χ1n) is 7.28. The number of hydrogen-bond donors (Lipinski definition) is 1. The van der Waals surface area contributed by atoms with Crippen LogP contribution in [0.25, 0.3) is 0 Å². The minimum absolute atomic E-state index is 0.0998. The Morgan fingerprint density at radius 1 is 1.21 bits per heavy atom. The lowest BCUT2D eigenvalue weighted by molar-refractivity contribution is 0.133. The van der Waals surface area contributed by atoms with E-state index < -0.39 is 0 Å². The lowest BCUT2D eigenvalue weighted by Gasteiger charge is -2.39.